The van der Waals surface area contributed by atoms with Crippen molar-refractivity contribution in [3.63, 3.8) is 0 Å². The molecule has 132 valence electrons. The van der Waals surface area contributed by atoms with Gasteiger partial charge >= 0.3 is 0 Å². The summed E-state index contributed by atoms with van der Waals surface area (Å²) in [7, 11) is -0.394. The third-order valence-electron chi connectivity index (χ3n) is 5.58. The Morgan fingerprint density at radius 3 is 1.73 bits per heavy atom. The van der Waals surface area contributed by atoms with E-state index in [-0.39, 0.29) is 6.04 Å². The molecule has 1 nitrogen and oxygen atoms in total. The van der Waals surface area contributed by atoms with Crippen LogP contribution in [0, 0.1) is 5.92 Å². The molecular formula is C24H26NP. The average molecular weight is 359 g/mol. The van der Waals surface area contributed by atoms with Gasteiger partial charge < -0.3 is 5.73 Å². The van der Waals surface area contributed by atoms with Crippen molar-refractivity contribution in [2.24, 2.45) is 11.7 Å². The first-order valence-electron chi connectivity index (χ1n) is 9.54. The van der Waals surface area contributed by atoms with Gasteiger partial charge in [0.2, 0.25) is 0 Å². The molecule has 0 aliphatic heterocycles. The van der Waals surface area contributed by atoms with Gasteiger partial charge in [0.05, 0.1) is 0 Å². The number of nitrogens with two attached hydrogens (primary N) is 1. The molecule has 1 fully saturated rings. The fourth-order valence-electron chi connectivity index (χ4n) is 4.34. The zero-order valence-electron chi connectivity index (χ0n) is 15.0. The van der Waals surface area contributed by atoms with Crippen molar-refractivity contribution < 1.29 is 0 Å². The van der Waals surface area contributed by atoms with Gasteiger partial charge in [-0.25, -0.2) is 0 Å². The maximum Gasteiger partial charge on any atom is 0.0329 e. The monoisotopic (exact) mass is 359 g/mol. The van der Waals surface area contributed by atoms with E-state index >= 15 is 0 Å². The summed E-state index contributed by atoms with van der Waals surface area (Å²) in [4.78, 5) is 0. The second-order valence-electron chi connectivity index (χ2n) is 7.14. The molecule has 2 N–H and O–H groups in total. The normalized spacial score (nSPS) is 21.0. The summed E-state index contributed by atoms with van der Waals surface area (Å²) in [6.45, 7) is 0. The van der Waals surface area contributed by atoms with Gasteiger partial charge in [0.1, 0.15) is 0 Å². The Kier molecular flexibility index (Phi) is 5.48. The third-order valence-corrected chi connectivity index (χ3v) is 8.59. The van der Waals surface area contributed by atoms with E-state index in [4.69, 9.17) is 5.73 Å². The lowest BCUT2D eigenvalue weighted by Crippen LogP contribution is -2.31. The highest BCUT2D eigenvalue weighted by molar-refractivity contribution is 7.73. The smallest absolute Gasteiger partial charge is 0.0329 e. The highest BCUT2D eigenvalue weighted by Crippen LogP contribution is 2.52. The Bertz CT molecular complexity index is 764. The van der Waals surface area contributed by atoms with Crippen LogP contribution in [0.1, 0.15) is 30.9 Å². The lowest BCUT2D eigenvalue weighted by Gasteiger charge is -2.33. The summed E-state index contributed by atoms with van der Waals surface area (Å²) in [5.41, 5.74) is 8.72. The Hall–Kier alpha value is -1.95. The molecule has 26 heavy (non-hydrogen) atoms. The van der Waals surface area contributed by atoms with Crippen molar-refractivity contribution >= 4 is 18.5 Å². The number of hydrogen-bond acceptors (Lipinski definition) is 1. The van der Waals surface area contributed by atoms with Crippen LogP contribution < -0.4 is 16.3 Å². The fraction of sp³-hybridized carbons (Fsp3) is 0.250. The highest BCUT2D eigenvalue weighted by atomic mass is 31.1. The first-order chi connectivity index (χ1) is 12.8. The lowest BCUT2D eigenvalue weighted by atomic mass is 9.92. The van der Waals surface area contributed by atoms with Gasteiger partial charge in [-0.1, -0.05) is 97.4 Å². The molecule has 0 amide bonds. The largest absolute Gasteiger partial charge is 0.324 e. The topological polar surface area (TPSA) is 26.0 Å². The van der Waals surface area contributed by atoms with Gasteiger partial charge in [0.25, 0.3) is 0 Å². The van der Waals surface area contributed by atoms with Gasteiger partial charge in [0, 0.05) is 6.04 Å². The number of hydrogen-bond donors (Lipinski definition) is 1. The van der Waals surface area contributed by atoms with Crippen LogP contribution in [0.15, 0.2) is 91.0 Å². The van der Waals surface area contributed by atoms with Crippen molar-refractivity contribution in [3.05, 3.63) is 96.6 Å². The van der Waals surface area contributed by atoms with Crippen LogP contribution in [-0.2, 0) is 0 Å². The van der Waals surface area contributed by atoms with Crippen molar-refractivity contribution in [1.29, 1.82) is 0 Å². The van der Waals surface area contributed by atoms with Gasteiger partial charge in [-0.2, -0.15) is 0 Å². The summed E-state index contributed by atoms with van der Waals surface area (Å²) in [5.74, 6) is 0.545. The molecule has 1 saturated carbocycles. The predicted molar refractivity (Wildman–Crippen MR) is 114 cm³/mol. The van der Waals surface area contributed by atoms with Crippen LogP contribution in [-0.4, -0.2) is 5.66 Å². The van der Waals surface area contributed by atoms with E-state index in [0.717, 1.165) is 0 Å². The van der Waals surface area contributed by atoms with Crippen molar-refractivity contribution in [1.82, 2.24) is 0 Å². The quantitative estimate of drug-likeness (QED) is 0.638. The Morgan fingerprint density at radius 2 is 1.19 bits per heavy atom. The average Bonchev–Trinajstić information content (AvgIpc) is 3.19. The van der Waals surface area contributed by atoms with Gasteiger partial charge in [-0.3, -0.25) is 0 Å². The van der Waals surface area contributed by atoms with Crippen molar-refractivity contribution in [3.8, 4) is 0 Å². The second kappa shape index (κ2) is 8.16. The summed E-state index contributed by atoms with van der Waals surface area (Å²) in [5, 5.41) is 2.96. The third kappa shape index (κ3) is 3.61. The Morgan fingerprint density at radius 1 is 0.692 bits per heavy atom. The first kappa shape index (κ1) is 17.5. The Labute approximate surface area is 158 Å². The van der Waals surface area contributed by atoms with Gasteiger partial charge in [-0.05, 0) is 48.5 Å². The van der Waals surface area contributed by atoms with E-state index in [1.807, 2.05) is 0 Å². The summed E-state index contributed by atoms with van der Waals surface area (Å²) in [6, 6.07) is 33.0. The molecule has 2 heteroatoms. The van der Waals surface area contributed by atoms with Crippen molar-refractivity contribution in [2.75, 3.05) is 0 Å². The maximum atomic E-state index is 6.80. The highest BCUT2D eigenvalue weighted by Gasteiger charge is 2.38. The van der Waals surface area contributed by atoms with Crippen LogP contribution in [0.5, 0.6) is 0 Å². The van der Waals surface area contributed by atoms with Crippen LogP contribution >= 0.6 is 7.92 Å². The molecule has 0 heterocycles. The molecule has 2 unspecified atom stereocenters. The molecule has 0 bridgehead atoms. The van der Waals surface area contributed by atoms with Crippen molar-refractivity contribution in [2.45, 2.75) is 31.0 Å². The molecule has 1 aliphatic rings. The summed E-state index contributed by atoms with van der Waals surface area (Å²) >= 11 is 0. The molecule has 0 spiro atoms. The predicted octanol–water partition coefficient (Wildman–Crippen LogP) is 4.99. The van der Waals surface area contributed by atoms with E-state index in [1.54, 1.807) is 0 Å². The fourth-order valence-corrected chi connectivity index (χ4v) is 7.55. The molecule has 0 aromatic heterocycles. The SMILES string of the molecule is N[C@@H](c1ccccc1)C1CCCC1P(c1ccccc1)c1ccccc1. The molecule has 0 saturated heterocycles. The van der Waals surface area contributed by atoms with Crippen LogP contribution in [0.4, 0.5) is 0 Å². The lowest BCUT2D eigenvalue weighted by molar-refractivity contribution is 0.451. The molecule has 3 atom stereocenters. The van der Waals surface area contributed by atoms with Crippen LogP contribution in [0.25, 0.3) is 0 Å². The minimum atomic E-state index is -0.394. The minimum Gasteiger partial charge on any atom is -0.324 e. The zero-order chi connectivity index (χ0) is 17.8. The molecule has 0 radical (unpaired) electrons. The zero-order valence-corrected chi connectivity index (χ0v) is 15.9. The van der Waals surface area contributed by atoms with Crippen LogP contribution in [0.3, 0.4) is 0 Å². The Balaban J connectivity index is 1.71. The van der Waals surface area contributed by atoms with E-state index in [9.17, 15) is 0 Å². The maximum absolute atomic E-state index is 6.80. The molecule has 3 aromatic rings. The summed E-state index contributed by atoms with van der Waals surface area (Å²) in [6.07, 6.45) is 3.80. The molecule has 1 aliphatic carbocycles. The van der Waals surface area contributed by atoms with E-state index < -0.39 is 7.92 Å². The standard InChI is InChI=1S/C24H26NP/c25-24(19-11-4-1-5-12-19)22-17-10-18-23(22)26(20-13-6-2-7-14-20)21-15-8-3-9-16-21/h1-9,11-16,22-24H,10,17-18,25H2/t22?,23?,24-/m0/s1. The van der Waals surface area contributed by atoms with Gasteiger partial charge in [-0.15, -0.1) is 0 Å². The van der Waals surface area contributed by atoms with Gasteiger partial charge in [0.15, 0.2) is 0 Å². The second-order valence-corrected chi connectivity index (χ2v) is 9.58. The minimum absolute atomic E-state index is 0.126. The molecule has 4 rings (SSSR count). The molecular weight excluding hydrogens is 333 g/mol. The molecule has 3 aromatic carbocycles. The van der Waals surface area contributed by atoms with Crippen LogP contribution in [0.2, 0.25) is 0 Å². The van der Waals surface area contributed by atoms with E-state index in [2.05, 4.69) is 91.0 Å². The summed E-state index contributed by atoms with van der Waals surface area (Å²) < 4.78 is 0. The number of rotatable bonds is 5. The van der Waals surface area contributed by atoms with E-state index in [0.29, 0.717) is 11.6 Å². The number of benzene rings is 3. The van der Waals surface area contributed by atoms with E-state index in [1.165, 1.54) is 35.4 Å². The first-order valence-corrected chi connectivity index (χ1v) is 11.0.